The summed E-state index contributed by atoms with van der Waals surface area (Å²) in [5.41, 5.74) is 1.44. The van der Waals surface area contributed by atoms with E-state index in [4.69, 9.17) is 4.74 Å². The minimum Gasteiger partial charge on any atom is -0.489 e. The monoisotopic (exact) mass is 352 g/mol. The quantitative estimate of drug-likeness (QED) is 0.330. The van der Waals surface area contributed by atoms with Gasteiger partial charge in [-0.1, -0.05) is 54.6 Å². The Balaban J connectivity index is 2.16. The van der Waals surface area contributed by atoms with Crippen LogP contribution in [-0.4, -0.2) is 32.8 Å². The summed E-state index contributed by atoms with van der Waals surface area (Å²) in [5, 5.41) is 0. The Morgan fingerprint density at radius 3 is 2.15 bits per heavy atom. The van der Waals surface area contributed by atoms with Gasteiger partial charge in [0.15, 0.2) is 0 Å². The molecule has 2 aromatic carbocycles. The average Bonchev–Trinajstić information content (AvgIpc) is 2.70. The lowest BCUT2D eigenvalue weighted by molar-refractivity contribution is -0.143. The van der Waals surface area contributed by atoms with E-state index < -0.39 is 11.9 Å². The van der Waals surface area contributed by atoms with E-state index in [0.29, 0.717) is 17.9 Å². The van der Waals surface area contributed by atoms with Crippen LogP contribution >= 0.6 is 0 Å². The number of para-hydroxylation sites is 1. The molecule has 0 bridgehead atoms. The van der Waals surface area contributed by atoms with Crippen LogP contribution in [0.15, 0.2) is 66.2 Å². The first-order valence-electron chi connectivity index (χ1n) is 7.97. The molecular formula is C21H20O5. The van der Waals surface area contributed by atoms with Gasteiger partial charge in [0.1, 0.15) is 17.9 Å². The van der Waals surface area contributed by atoms with Gasteiger partial charge in [-0.15, -0.1) is 0 Å². The molecule has 0 fully saturated rings. The molecule has 0 aromatic heterocycles. The zero-order valence-electron chi connectivity index (χ0n) is 14.7. The Kier molecular flexibility index (Phi) is 7.18. The Morgan fingerprint density at radius 1 is 0.885 bits per heavy atom. The van der Waals surface area contributed by atoms with Gasteiger partial charge in [-0.25, -0.2) is 9.59 Å². The lowest BCUT2D eigenvalue weighted by Crippen LogP contribution is -2.15. The maximum atomic E-state index is 11.8. The summed E-state index contributed by atoms with van der Waals surface area (Å²) in [7, 11) is 2.41. The van der Waals surface area contributed by atoms with Crippen molar-refractivity contribution in [3.63, 3.8) is 0 Å². The summed E-state index contributed by atoms with van der Waals surface area (Å²) in [6, 6.07) is 16.9. The van der Waals surface area contributed by atoms with Gasteiger partial charge < -0.3 is 14.2 Å². The summed E-state index contributed by atoms with van der Waals surface area (Å²) >= 11 is 0. The second-order valence-corrected chi connectivity index (χ2v) is 5.20. The highest BCUT2D eigenvalue weighted by Crippen LogP contribution is 2.22. The summed E-state index contributed by atoms with van der Waals surface area (Å²) in [4.78, 5) is 23.6. The Bertz CT molecular complexity index is 788. The van der Waals surface area contributed by atoms with Gasteiger partial charge in [0.2, 0.25) is 0 Å². The number of ether oxygens (including phenoxy) is 3. The molecule has 134 valence electrons. The molecule has 5 heteroatoms. The molecule has 0 heterocycles. The van der Waals surface area contributed by atoms with Gasteiger partial charge in [0.05, 0.1) is 14.2 Å². The summed E-state index contributed by atoms with van der Waals surface area (Å²) in [5.74, 6) is -0.998. The van der Waals surface area contributed by atoms with Crippen LogP contribution in [-0.2, 0) is 19.1 Å². The molecule has 0 atom stereocenters. The topological polar surface area (TPSA) is 61.8 Å². The fourth-order valence-corrected chi connectivity index (χ4v) is 2.19. The largest absolute Gasteiger partial charge is 0.489 e. The van der Waals surface area contributed by atoms with E-state index in [-0.39, 0.29) is 5.57 Å². The number of carbonyl (C=O) groups is 2. The normalized spacial score (nSPS) is 10.2. The molecule has 0 spiro atoms. The van der Waals surface area contributed by atoms with Crippen molar-refractivity contribution in [2.45, 2.75) is 0 Å². The fourth-order valence-electron chi connectivity index (χ4n) is 2.19. The number of benzene rings is 2. The predicted molar refractivity (Wildman–Crippen MR) is 99.4 cm³/mol. The highest BCUT2D eigenvalue weighted by Gasteiger charge is 2.20. The third-order valence-corrected chi connectivity index (χ3v) is 3.47. The van der Waals surface area contributed by atoms with Crippen LogP contribution in [0.1, 0.15) is 11.1 Å². The highest BCUT2D eigenvalue weighted by atomic mass is 16.5. The number of methoxy groups -OCH3 is 2. The smallest absolute Gasteiger partial charge is 0.345 e. The Hall–Kier alpha value is -3.34. The Labute approximate surface area is 152 Å². The Morgan fingerprint density at radius 2 is 1.50 bits per heavy atom. The predicted octanol–water partition coefficient (Wildman–Crippen LogP) is 3.51. The molecule has 0 N–H and O–H groups in total. The SMILES string of the molecule is COC(=O)C(=Cc1ccccc1OC/C=C/c1ccccc1)C(=O)OC. The van der Waals surface area contributed by atoms with E-state index in [0.717, 1.165) is 5.56 Å². The first-order valence-corrected chi connectivity index (χ1v) is 7.97. The summed E-state index contributed by atoms with van der Waals surface area (Å²) in [6.07, 6.45) is 5.23. The molecule has 0 unspecified atom stereocenters. The van der Waals surface area contributed by atoms with E-state index in [9.17, 15) is 9.59 Å². The van der Waals surface area contributed by atoms with E-state index in [2.05, 4.69) is 9.47 Å². The van der Waals surface area contributed by atoms with Crippen LogP contribution in [0.3, 0.4) is 0 Å². The molecule has 0 saturated heterocycles. The molecule has 26 heavy (non-hydrogen) atoms. The summed E-state index contributed by atoms with van der Waals surface area (Å²) in [6.45, 7) is 0.339. The van der Waals surface area contributed by atoms with Crippen molar-refractivity contribution >= 4 is 24.1 Å². The zero-order chi connectivity index (χ0) is 18.8. The van der Waals surface area contributed by atoms with Crippen LogP contribution in [0.4, 0.5) is 0 Å². The molecule has 2 aromatic rings. The van der Waals surface area contributed by atoms with E-state index in [1.165, 1.54) is 20.3 Å². The first-order chi connectivity index (χ1) is 12.7. The standard InChI is InChI=1S/C21H20O5/c1-24-20(22)18(21(23)25-2)15-17-12-6-7-13-19(17)26-14-8-11-16-9-4-3-5-10-16/h3-13,15H,14H2,1-2H3/b11-8+. The molecule has 0 radical (unpaired) electrons. The second kappa shape index (κ2) is 9.84. The lowest BCUT2D eigenvalue weighted by Gasteiger charge is -2.09. The van der Waals surface area contributed by atoms with Gasteiger partial charge >= 0.3 is 11.9 Å². The number of hydrogen-bond acceptors (Lipinski definition) is 5. The van der Waals surface area contributed by atoms with Crippen LogP contribution < -0.4 is 4.74 Å². The fraction of sp³-hybridized carbons (Fsp3) is 0.143. The van der Waals surface area contributed by atoms with Gasteiger partial charge in [-0.2, -0.15) is 0 Å². The highest BCUT2D eigenvalue weighted by molar-refractivity contribution is 6.17. The van der Waals surface area contributed by atoms with Gasteiger partial charge in [-0.05, 0) is 23.8 Å². The molecule has 0 aliphatic heterocycles. The third-order valence-electron chi connectivity index (χ3n) is 3.47. The van der Waals surface area contributed by atoms with Crippen molar-refractivity contribution in [1.82, 2.24) is 0 Å². The van der Waals surface area contributed by atoms with Crippen LogP contribution in [0.2, 0.25) is 0 Å². The van der Waals surface area contributed by atoms with Crippen LogP contribution in [0.25, 0.3) is 12.2 Å². The number of rotatable bonds is 7. The van der Waals surface area contributed by atoms with Crippen molar-refractivity contribution in [3.05, 3.63) is 77.4 Å². The number of esters is 2. The van der Waals surface area contributed by atoms with Crippen LogP contribution in [0, 0.1) is 0 Å². The van der Waals surface area contributed by atoms with Crippen molar-refractivity contribution in [3.8, 4) is 5.75 Å². The molecule has 0 aliphatic rings. The molecule has 0 saturated carbocycles. The van der Waals surface area contributed by atoms with E-state index >= 15 is 0 Å². The number of hydrogen-bond donors (Lipinski definition) is 0. The van der Waals surface area contributed by atoms with Crippen molar-refractivity contribution in [2.75, 3.05) is 20.8 Å². The molecule has 0 amide bonds. The molecule has 5 nitrogen and oxygen atoms in total. The van der Waals surface area contributed by atoms with Gasteiger partial charge in [0, 0.05) is 5.56 Å². The van der Waals surface area contributed by atoms with Crippen molar-refractivity contribution < 1.29 is 23.8 Å². The van der Waals surface area contributed by atoms with Crippen molar-refractivity contribution in [1.29, 1.82) is 0 Å². The van der Waals surface area contributed by atoms with Crippen molar-refractivity contribution in [2.24, 2.45) is 0 Å². The third kappa shape index (κ3) is 5.34. The van der Waals surface area contributed by atoms with Crippen LogP contribution in [0.5, 0.6) is 5.75 Å². The molecular weight excluding hydrogens is 332 g/mol. The summed E-state index contributed by atoms with van der Waals surface area (Å²) < 4.78 is 15.0. The maximum absolute atomic E-state index is 11.8. The maximum Gasteiger partial charge on any atom is 0.345 e. The zero-order valence-corrected chi connectivity index (χ0v) is 14.7. The molecule has 2 rings (SSSR count). The molecule has 0 aliphatic carbocycles. The van der Waals surface area contributed by atoms with Gasteiger partial charge in [-0.3, -0.25) is 0 Å². The van der Waals surface area contributed by atoms with Gasteiger partial charge in [0.25, 0.3) is 0 Å². The van der Waals surface area contributed by atoms with E-state index in [1.807, 2.05) is 48.6 Å². The minimum atomic E-state index is -0.768. The number of carbonyl (C=O) groups excluding carboxylic acids is 2. The lowest BCUT2D eigenvalue weighted by atomic mass is 10.1. The minimum absolute atomic E-state index is 0.203. The first kappa shape index (κ1) is 19.0. The van der Waals surface area contributed by atoms with E-state index in [1.54, 1.807) is 18.2 Å². The second-order valence-electron chi connectivity index (χ2n) is 5.20. The average molecular weight is 352 g/mol.